The van der Waals surface area contributed by atoms with Crippen LogP contribution in [0.1, 0.15) is 37.8 Å². The van der Waals surface area contributed by atoms with E-state index in [9.17, 15) is 20.0 Å². The van der Waals surface area contributed by atoms with Crippen LogP contribution in [0.5, 0.6) is 0 Å². The summed E-state index contributed by atoms with van der Waals surface area (Å²) in [6, 6.07) is 1.63. The number of carboxylic acid groups (broad SMARTS) is 1. The van der Waals surface area contributed by atoms with E-state index in [1.54, 1.807) is 27.3 Å². The number of methoxy groups -OCH3 is 1. The molecular weight excluding hydrogens is 484 g/mol. The van der Waals surface area contributed by atoms with Crippen LogP contribution in [0, 0.1) is 18.3 Å². The lowest BCUT2D eigenvalue weighted by atomic mass is 10.0. The van der Waals surface area contributed by atoms with Gasteiger partial charge in [-0.2, -0.15) is 5.26 Å². The van der Waals surface area contributed by atoms with E-state index in [2.05, 4.69) is 25.6 Å². The van der Waals surface area contributed by atoms with E-state index in [0.717, 1.165) is 11.3 Å². The number of H-pyrrole nitrogens is 1. The molecule has 1 aliphatic rings. The molecule has 3 aromatic rings. The number of aromatic amines is 1. The first-order valence-corrected chi connectivity index (χ1v) is 11.4. The second-order valence-corrected chi connectivity index (χ2v) is 9.13. The number of carbonyl (C=O) groups is 2. The fraction of sp³-hybridized carbons (Fsp3) is 0.400. The van der Waals surface area contributed by atoms with Gasteiger partial charge in [0.15, 0.2) is 5.13 Å². The number of aryl methyl sites for hydroxylation is 2. The van der Waals surface area contributed by atoms with Crippen LogP contribution < -0.4 is 10.2 Å². The molecule has 14 heteroatoms. The highest BCUT2D eigenvalue weighted by Crippen LogP contribution is 2.34. The van der Waals surface area contributed by atoms with Gasteiger partial charge < -0.3 is 25.0 Å². The average Bonchev–Trinajstić information content (AvgIpc) is 3.51. The van der Waals surface area contributed by atoms with E-state index in [-0.39, 0.29) is 32.9 Å². The number of ether oxygens (including phenoxy) is 1. The predicted octanol–water partition coefficient (Wildman–Crippen LogP) is 1.82. The molecule has 1 amide bonds. The topological polar surface area (TPSA) is 162 Å². The van der Waals surface area contributed by atoms with Crippen LogP contribution in [-0.2, 0) is 11.8 Å². The van der Waals surface area contributed by atoms with Crippen molar-refractivity contribution in [1.82, 2.24) is 30.3 Å². The Labute approximate surface area is 203 Å². The average molecular weight is 505 g/mol. The lowest BCUT2D eigenvalue weighted by molar-refractivity contribution is 0.0540. The van der Waals surface area contributed by atoms with Crippen molar-refractivity contribution in [3.63, 3.8) is 0 Å². The first-order chi connectivity index (χ1) is 16.2. The van der Waals surface area contributed by atoms with Gasteiger partial charge in [0.25, 0.3) is 5.91 Å². The molecule has 1 aliphatic heterocycles. The van der Waals surface area contributed by atoms with E-state index in [1.807, 2.05) is 11.0 Å². The minimum atomic E-state index is -1.09. The van der Waals surface area contributed by atoms with Gasteiger partial charge in [-0.1, -0.05) is 28.2 Å². The standard InChI is InChI=1S/C20H21ClN8O4S/c1-9-14(21)10(6-22)15(23-9)18(30)24-11-4-5-29(8-13(11)33-3)20-25-16(17(34-20)19(31)32)12-7-28(2)27-26-12/h7,11,13,23H,4-5,8H2,1-3H3,(H,24,30)(H,31,32). The van der Waals surface area contributed by atoms with Crippen molar-refractivity contribution in [2.45, 2.75) is 25.5 Å². The molecule has 0 bridgehead atoms. The Kier molecular flexibility index (Phi) is 6.56. The Morgan fingerprint density at radius 2 is 2.24 bits per heavy atom. The highest BCUT2D eigenvalue weighted by atomic mass is 35.5. The number of aromatic nitrogens is 5. The highest BCUT2D eigenvalue weighted by Gasteiger charge is 2.34. The summed E-state index contributed by atoms with van der Waals surface area (Å²) in [5, 5.41) is 30.5. The summed E-state index contributed by atoms with van der Waals surface area (Å²) in [5.74, 6) is -1.54. The Bertz CT molecular complexity index is 1290. The van der Waals surface area contributed by atoms with Crippen molar-refractivity contribution in [2.24, 2.45) is 7.05 Å². The monoisotopic (exact) mass is 504 g/mol. The zero-order valence-corrected chi connectivity index (χ0v) is 20.1. The number of amides is 1. The molecule has 1 fully saturated rings. The van der Waals surface area contributed by atoms with Crippen molar-refractivity contribution in [3.8, 4) is 17.5 Å². The van der Waals surface area contributed by atoms with Crippen LogP contribution in [0.2, 0.25) is 5.02 Å². The number of hydrogen-bond acceptors (Lipinski definition) is 9. The Hall–Kier alpha value is -3.47. The number of thiazole rings is 1. The summed E-state index contributed by atoms with van der Waals surface area (Å²) >= 11 is 7.16. The number of halogens is 1. The summed E-state index contributed by atoms with van der Waals surface area (Å²) in [6.45, 7) is 2.57. The molecule has 3 aromatic heterocycles. The molecule has 2 unspecified atom stereocenters. The molecule has 12 nitrogen and oxygen atoms in total. The minimum Gasteiger partial charge on any atom is -0.477 e. The van der Waals surface area contributed by atoms with Gasteiger partial charge in [0.2, 0.25) is 0 Å². The number of carbonyl (C=O) groups excluding carboxylic acids is 1. The molecule has 4 rings (SSSR count). The smallest absolute Gasteiger partial charge is 0.348 e. The van der Waals surface area contributed by atoms with E-state index >= 15 is 0 Å². The third-order valence-corrected chi connectivity index (χ3v) is 7.13. The number of piperidine rings is 1. The number of nitrogens with one attached hydrogen (secondary N) is 2. The van der Waals surface area contributed by atoms with E-state index in [0.29, 0.717) is 36.0 Å². The van der Waals surface area contributed by atoms with Gasteiger partial charge in [-0.15, -0.1) is 5.10 Å². The normalized spacial score (nSPS) is 18.0. The number of rotatable bonds is 6. The maximum absolute atomic E-state index is 12.8. The number of nitrogens with zero attached hydrogens (tertiary/aromatic N) is 6. The fourth-order valence-electron chi connectivity index (χ4n) is 3.83. The highest BCUT2D eigenvalue weighted by molar-refractivity contribution is 7.17. The molecule has 0 spiro atoms. The molecule has 4 heterocycles. The zero-order valence-electron chi connectivity index (χ0n) is 18.5. The van der Waals surface area contributed by atoms with Gasteiger partial charge in [0, 0.05) is 32.9 Å². The van der Waals surface area contributed by atoms with Crippen LogP contribution in [-0.4, -0.2) is 74.3 Å². The minimum absolute atomic E-state index is 0.0721. The summed E-state index contributed by atoms with van der Waals surface area (Å²) in [4.78, 5) is 34.0. The van der Waals surface area contributed by atoms with Gasteiger partial charge in [-0.25, -0.2) is 9.78 Å². The number of anilines is 1. The Morgan fingerprint density at radius 1 is 1.47 bits per heavy atom. The predicted molar refractivity (Wildman–Crippen MR) is 123 cm³/mol. The lowest BCUT2D eigenvalue weighted by Gasteiger charge is -2.37. The van der Waals surface area contributed by atoms with Crippen LogP contribution >= 0.6 is 22.9 Å². The molecule has 178 valence electrons. The molecule has 0 radical (unpaired) electrons. The molecule has 0 aliphatic carbocycles. The maximum Gasteiger partial charge on any atom is 0.348 e. The van der Waals surface area contributed by atoms with Gasteiger partial charge in [0.05, 0.1) is 23.4 Å². The Morgan fingerprint density at radius 3 is 2.85 bits per heavy atom. The first-order valence-electron chi connectivity index (χ1n) is 10.2. The van der Waals surface area contributed by atoms with Gasteiger partial charge in [-0.05, 0) is 13.3 Å². The lowest BCUT2D eigenvalue weighted by Crippen LogP contribution is -2.55. The van der Waals surface area contributed by atoms with Crippen LogP contribution in [0.15, 0.2) is 6.20 Å². The van der Waals surface area contributed by atoms with Gasteiger partial charge in [0.1, 0.15) is 33.6 Å². The Balaban J connectivity index is 1.52. The summed E-state index contributed by atoms with van der Waals surface area (Å²) in [5.41, 5.74) is 1.39. The van der Waals surface area contributed by atoms with E-state index in [4.69, 9.17) is 16.3 Å². The summed E-state index contributed by atoms with van der Waals surface area (Å²) in [6.07, 6.45) is 1.73. The van der Waals surface area contributed by atoms with Gasteiger partial charge >= 0.3 is 5.97 Å². The van der Waals surface area contributed by atoms with Crippen molar-refractivity contribution < 1.29 is 19.4 Å². The second kappa shape index (κ2) is 9.41. The van der Waals surface area contributed by atoms with Gasteiger partial charge in [-0.3, -0.25) is 9.48 Å². The SMILES string of the molecule is COC1CN(c2nc(-c3cn(C)nn3)c(C(=O)O)s2)CCC1NC(=O)c1[nH]c(C)c(Cl)c1C#N. The third kappa shape index (κ3) is 4.35. The number of hydrogen-bond donors (Lipinski definition) is 3. The van der Waals surface area contributed by atoms with Crippen LogP contribution in [0.4, 0.5) is 5.13 Å². The molecule has 1 saturated heterocycles. The number of nitriles is 1. The van der Waals surface area contributed by atoms with Crippen molar-refractivity contribution in [2.75, 3.05) is 25.1 Å². The number of aromatic carboxylic acids is 1. The summed E-state index contributed by atoms with van der Waals surface area (Å²) in [7, 11) is 3.23. The largest absolute Gasteiger partial charge is 0.477 e. The molecule has 0 aromatic carbocycles. The molecule has 2 atom stereocenters. The molecule has 3 N–H and O–H groups in total. The van der Waals surface area contributed by atoms with E-state index in [1.165, 1.54) is 4.68 Å². The molecule has 34 heavy (non-hydrogen) atoms. The van der Waals surface area contributed by atoms with E-state index < -0.39 is 18.0 Å². The fourth-order valence-corrected chi connectivity index (χ4v) is 4.96. The second-order valence-electron chi connectivity index (χ2n) is 7.77. The van der Waals surface area contributed by atoms with Crippen molar-refractivity contribution >= 4 is 39.9 Å². The molecular formula is C20H21ClN8O4S. The quantitative estimate of drug-likeness (QED) is 0.454. The van der Waals surface area contributed by atoms with Crippen molar-refractivity contribution in [1.29, 1.82) is 5.26 Å². The molecule has 0 saturated carbocycles. The maximum atomic E-state index is 12.8. The number of carboxylic acids is 1. The van der Waals surface area contributed by atoms with Crippen molar-refractivity contribution in [3.05, 3.63) is 33.0 Å². The third-order valence-electron chi connectivity index (χ3n) is 5.55. The first kappa shape index (κ1) is 23.7. The summed E-state index contributed by atoms with van der Waals surface area (Å²) < 4.78 is 7.11. The van der Waals surface area contributed by atoms with Crippen LogP contribution in [0.25, 0.3) is 11.4 Å². The zero-order chi connectivity index (χ0) is 24.6. The van der Waals surface area contributed by atoms with Crippen LogP contribution in [0.3, 0.4) is 0 Å².